The van der Waals surface area contributed by atoms with Crippen molar-refractivity contribution in [3.63, 3.8) is 0 Å². The fourth-order valence-corrected chi connectivity index (χ4v) is 5.63. The van der Waals surface area contributed by atoms with Crippen LogP contribution in [0.4, 0.5) is 5.69 Å². The summed E-state index contributed by atoms with van der Waals surface area (Å²) in [6.45, 7) is 9.34. The first-order valence-electron chi connectivity index (χ1n) is 13.5. The molecule has 0 saturated carbocycles. The second-order valence-electron chi connectivity index (χ2n) is 9.91. The zero-order valence-corrected chi connectivity index (χ0v) is 24.6. The van der Waals surface area contributed by atoms with Crippen molar-refractivity contribution < 1.29 is 22.7 Å². The number of aryl methyl sites for hydroxylation is 1. The predicted molar refractivity (Wildman–Crippen MR) is 158 cm³/mol. The molecule has 3 aromatic carbocycles. The molecule has 0 heterocycles. The van der Waals surface area contributed by atoms with Crippen molar-refractivity contribution in [3.8, 4) is 5.75 Å². The number of carbonyl (C=O) groups excluding carboxylic acids is 2. The first-order valence-corrected chi connectivity index (χ1v) is 14.9. The molecule has 0 bridgehead atoms. The molecule has 0 fully saturated rings. The van der Waals surface area contributed by atoms with E-state index in [-0.39, 0.29) is 23.4 Å². The minimum atomic E-state index is -4.11. The van der Waals surface area contributed by atoms with Crippen molar-refractivity contribution in [2.75, 3.05) is 24.0 Å². The average molecular weight is 566 g/mol. The lowest BCUT2D eigenvalue weighted by atomic mass is 10.1. The summed E-state index contributed by atoms with van der Waals surface area (Å²) in [5.41, 5.74) is 2.24. The maximum Gasteiger partial charge on any atom is 0.264 e. The van der Waals surface area contributed by atoms with E-state index in [9.17, 15) is 18.0 Å². The number of rotatable bonds is 13. The molecule has 0 aliphatic heterocycles. The fourth-order valence-electron chi connectivity index (χ4n) is 4.22. The van der Waals surface area contributed by atoms with Crippen LogP contribution in [0.5, 0.6) is 5.75 Å². The molecule has 1 N–H and O–H groups in total. The topological polar surface area (TPSA) is 96.0 Å². The molecule has 0 aliphatic carbocycles. The van der Waals surface area contributed by atoms with Gasteiger partial charge in [-0.15, -0.1) is 0 Å². The maximum absolute atomic E-state index is 13.9. The monoisotopic (exact) mass is 565 g/mol. The molecule has 40 heavy (non-hydrogen) atoms. The number of hydrogen-bond donors (Lipinski definition) is 1. The van der Waals surface area contributed by atoms with Crippen molar-refractivity contribution >= 4 is 27.5 Å². The normalized spacial score (nSPS) is 12.1. The Bertz CT molecular complexity index is 1360. The molecule has 214 valence electrons. The predicted octanol–water partition coefficient (Wildman–Crippen LogP) is 4.57. The second-order valence-corrected chi connectivity index (χ2v) is 11.8. The molecule has 0 saturated heterocycles. The van der Waals surface area contributed by atoms with Gasteiger partial charge in [-0.05, 0) is 83.0 Å². The number of nitrogens with zero attached hydrogens (tertiary/aromatic N) is 2. The van der Waals surface area contributed by atoms with Crippen LogP contribution in [-0.4, -0.2) is 56.9 Å². The van der Waals surface area contributed by atoms with Gasteiger partial charge >= 0.3 is 0 Å². The fraction of sp³-hybridized carbons (Fsp3) is 0.355. The van der Waals surface area contributed by atoms with Crippen LogP contribution < -0.4 is 14.4 Å². The van der Waals surface area contributed by atoms with Crippen LogP contribution in [-0.2, 0) is 26.0 Å². The van der Waals surface area contributed by atoms with Crippen molar-refractivity contribution in [3.05, 3.63) is 90.0 Å². The molecule has 3 rings (SSSR count). The van der Waals surface area contributed by atoms with Crippen molar-refractivity contribution in [1.29, 1.82) is 0 Å². The van der Waals surface area contributed by atoms with Crippen LogP contribution in [0.3, 0.4) is 0 Å². The SMILES string of the molecule is CCOc1ccc(N(CC(=O)N(CCc2ccccc2)[C@@H](C)C(=O)NC(C)C)S(=O)(=O)c2ccc(C)cc2)cc1. The van der Waals surface area contributed by atoms with E-state index in [0.717, 1.165) is 15.4 Å². The number of benzene rings is 3. The van der Waals surface area contributed by atoms with Gasteiger partial charge in [0.05, 0.1) is 17.2 Å². The lowest BCUT2D eigenvalue weighted by molar-refractivity contribution is -0.139. The molecule has 8 nitrogen and oxygen atoms in total. The van der Waals surface area contributed by atoms with Gasteiger partial charge in [0.1, 0.15) is 18.3 Å². The highest BCUT2D eigenvalue weighted by Gasteiger charge is 2.32. The number of sulfonamides is 1. The van der Waals surface area contributed by atoms with Gasteiger partial charge in [-0.25, -0.2) is 8.42 Å². The Labute approximate surface area is 238 Å². The third-order valence-electron chi connectivity index (χ3n) is 6.41. The summed E-state index contributed by atoms with van der Waals surface area (Å²) in [6.07, 6.45) is 0.514. The van der Waals surface area contributed by atoms with Gasteiger partial charge in [-0.3, -0.25) is 13.9 Å². The Balaban J connectivity index is 1.98. The largest absolute Gasteiger partial charge is 0.494 e. The molecular weight excluding hydrogens is 526 g/mol. The Morgan fingerprint density at radius 1 is 0.900 bits per heavy atom. The number of anilines is 1. The van der Waals surface area contributed by atoms with Crippen LogP contribution in [0.25, 0.3) is 0 Å². The summed E-state index contributed by atoms with van der Waals surface area (Å²) in [6, 6.07) is 21.8. The number of ether oxygens (including phenoxy) is 1. The van der Waals surface area contributed by atoms with Crippen LogP contribution in [0.2, 0.25) is 0 Å². The van der Waals surface area contributed by atoms with Crippen LogP contribution >= 0.6 is 0 Å². The van der Waals surface area contributed by atoms with E-state index in [2.05, 4.69) is 5.32 Å². The van der Waals surface area contributed by atoms with Gasteiger partial charge < -0.3 is 15.0 Å². The molecule has 2 amide bonds. The van der Waals surface area contributed by atoms with Gasteiger partial charge in [0.15, 0.2) is 0 Å². The molecule has 0 unspecified atom stereocenters. The van der Waals surface area contributed by atoms with Crippen molar-refractivity contribution in [2.45, 2.75) is 58.0 Å². The Hall–Kier alpha value is -3.85. The molecule has 0 spiro atoms. The summed E-state index contributed by atoms with van der Waals surface area (Å²) in [4.78, 5) is 28.4. The lowest BCUT2D eigenvalue weighted by Gasteiger charge is -2.32. The van der Waals surface area contributed by atoms with E-state index in [4.69, 9.17) is 4.74 Å². The summed E-state index contributed by atoms with van der Waals surface area (Å²) in [5.74, 6) is -0.189. The molecule has 0 radical (unpaired) electrons. The average Bonchev–Trinajstić information content (AvgIpc) is 2.93. The van der Waals surface area contributed by atoms with Gasteiger partial charge in [-0.1, -0.05) is 48.0 Å². The van der Waals surface area contributed by atoms with E-state index in [0.29, 0.717) is 24.5 Å². The summed E-state index contributed by atoms with van der Waals surface area (Å²) >= 11 is 0. The molecule has 0 aromatic heterocycles. The molecular formula is C31H39N3O5S. The summed E-state index contributed by atoms with van der Waals surface area (Å²) < 4.78 is 34.4. The van der Waals surface area contributed by atoms with Crippen LogP contribution in [0.15, 0.2) is 83.8 Å². The minimum Gasteiger partial charge on any atom is -0.494 e. The smallest absolute Gasteiger partial charge is 0.264 e. The van der Waals surface area contributed by atoms with Gasteiger partial charge in [0.25, 0.3) is 10.0 Å². The lowest BCUT2D eigenvalue weighted by Crippen LogP contribution is -2.53. The number of carbonyl (C=O) groups is 2. The van der Waals surface area contributed by atoms with E-state index < -0.39 is 28.5 Å². The Morgan fingerprint density at radius 2 is 1.52 bits per heavy atom. The summed E-state index contributed by atoms with van der Waals surface area (Å²) in [5, 5.41) is 2.86. The van der Waals surface area contributed by atoms with Crippen LogP contribution in [0.1, 0.15) is 38.8 Å². The number of nitrogens with one attached hydrogen (secondary N) is 1. The van der Waals surface area contributed by atoms with Crippen molar-refractivity contribution in [1.82, 2.24) is 10.2 Å². The highest BCUT2D eigenvalue weighted by atomic mass is 32.2. The summed E-state index contributed by atoms with van der Waals surface area (Å²) in [7, 11) is -4.11. The molecule has 3 aromatic rings. The quantitative estimate of drug-likeness (QED) is 0.328. The zero-order valence-electron chi connectivity index (χ0n) is 23.8. The highest BCUT2D eigenvalue weighted by molar-refractivity contribution is 7.92. The first kappa shape index (κ1) is 30.7. The van der Waals surface area contributed by atoms with Crippen LogP contribution in [0, 0.1) is 6.92 Å². The molecule has 0 aliphatic rings. The third kappa shape index (κ3) is 8.08. The van der Waals surface area contributed by atoms with Crippen molar-refractivity contribution in [2.24, 2.45) is 0 Å². The van der Waals surface area contributed by atoms with Gasteiger partial charge in [0.2, 0.25) is 11.8 Å². The third-order valence-corrected chi connectivity index (χ3v) is 8.19. The number of amides is 2. The molecule has 9 heteroatoms. The Morgan fingerprint density at radius 3 is 2.10 bits per heavy atom. The molecule has 1 atom stereocenters. The number of hydrogen-bond acceptors (Lipinski definition) is 5. The van der Waals surface area contributed by atoms with E-state index in [1.54, 1.807) is 43.3 Å². The van der Waals surface area contributed by atoms with Gasteiger partial charge in [-0.2, -0.15) is 0 Å². The highest BCUT2D eigenvalue weighted by Crippen LogP contribution is 2.26. The van der Waals surface area contributed by atoms with E-state index in [1.165, 1.54) is 17.0 Å². The second kappa shape index (κ2) is 14.0. The first-order chi connectivity index (χ1) is 19.0. The Kier molecular flexibility index (Phi) is 10.7. The maximum atomic E-state index is 13.9. The minimum absolute atomic E-state index is 0.0706. The zero-order chi connectivity index (χ0) is 29.3. The van der Waals surface area contributed by atoms with Gasteiger partial charge in [0, 0.05) is 12.6 Å². The van der Waals surface area contributed by atoms with E-state index >= 15 is 0 Å². The van der Waals surface area contributed by atoms with E-state index in [1.807, 2.05) is 58.0 Å². The standard InChI is InChI=1S/C31H39N3O5S/c1-6-39-28-16-14-27(15-17-28)34(40(37,38)29-18-12-24(4)13-19-29)22-30(35)33(25(5)31(36)32-23(2)3)21-20-26-10-8-7-9-11-26/h7-19,23,25H,6,20-22H2,1-5H3,(H,32,36)/t25-/m0/s1.